The van der Waals surface area contributed by atoms with Crippen LogP contribution in [0.25, 0.3) is 11.1 Å². The maximum atomic E-state index is 12.2. The lowest BCUT2D eigenvalue weighted by molar-refractivity contribution is 0.0322. The Balaban J connectivity index is 1.92. The lowest BCUT2D eigenvalue weighted by Gasteiger charge is -2.27. The number of carbonyl (C=O) groups is 1. The third kappa shape index (κ3) is 4.23. The van der Waals surface area contributed by atoms with E-state index in [0.717, 1.165) is 49.5 Å². The zero-order valence-electron chi connectivity index (χ0n) is 15.1. The van der Waals surface area contributed by atoms with Crippen molar-refractivity contribution >= 4 is 17.4 Å². The molecule has 1 aromatic heterocycles. The molecule has 0 unspecified atom stereocenters. The fourth-order valence-electron chi connectivity index (χ4n) is 3.10. The number of rotatable bonds is 6. The van der Waals surface area contributed by atoms with Crippen LogP contribution in [0.15, 0.2) is 30.6 Å². The molecule has 26 heavy (non-hydrogen) atoms. The summed E-state index contributed by atoms with van der Waals surface area (Å²) in [5.74, 6) is 0.530. The van der Waals surface area contributed by atoms with Gasteiger partial charge in [0.1, 0.15) is 12.4 Å². The van der Waals surface area contributed by atoms with E-state index in [1.54, 1.807) is 18.5 Å². The molecule has 0 bridgehead atoms. The first-order valence-corrected chi connectivity index (χ1v) is 9.13. The molecule has 1 aliphatic rings. The van der Waals surface area contributed by atoms with Gasteiger partial charge < -0.3 is 9.47 Å². The zero-order chi connectivity index (χ0) is 18.5. The fraction of sp³-hybridized carbons (Fsp3) is 0.400. The minimum atomic E-state index is -0.0661. The molecule has 1 aromatic carbocycles. The number of benzene rings is 1. The van der Waals surface area contributed by atoms with E-state index in [2.05, 4.69) is 9.88 Å². The average molecular weight is 375 g/mol. The van der Waals surface area contributed by atoms with Gasteiger partial charge in [-0.1, -0.05) is 11.6 Å². The van der Waals surface area contributed by atoms with E-state index in [-0.39, 0.29) is 5.78 Å². The van der Waals surface area contributed by atoms with Crippen LogP contribution in [0.1, 0.15) is 22.8 Å². The molecule has 0 atom stereocenters. The van der Waals surface area contributed by atoms with E-state index in [1.807, 2.05) is 19.1 Å². The largest absolute Gasteiger partial charge is 0.491 e. The summed E-state index contributed by atoms with van der Waals surface area (Å²) in [4.78, 5) is 18.6. The highest BCUT2D eigenvalue weighted by Crippen LogP contribution is 2.40. The van der Waals surface area contributed by atoms with Crippen LogP contribution in [-0.2, 0) is 4.74 Å². The van der Waals surface area contributed by atoms with E-state index >= 15 is 0 Å². The van der Waals surface area contributed by atoms with Gasteiger partial charge in [-0.25, -0.2) is 0 Å². The summed E-state index contributed by atoms with van der Waals surface area (Å²) in [6.07, 6.45) is 3.45. The van der Waals surface area contributed by atoms with Crippen LogP contribution in [0.3, 0.4) is 0 Å². The van der Waals surface area contributed by atoms with Gasteiger partial charge in [0.15, 0.2) is 5.78 Å². The smallest absolute Gasteiger partial charge is 0.163 e. The molecule has 1 fully saturated rings. The van der Waals surface area contributed by atoms with Crippen molar-refractivity contribution in [2.75, 3.05) is 39.5 Å². The predicted molar refractivity (Wildman–Crippen MR) is 102 cm³/mol. The molecule has 3 rings (SSSR count). The summed E-state index contributed by atoms with van der Waals surface area (Å²) in [7, 11) is 0. The summed E-state index contributed by atoms with van der Waals surface area (Å²) in [5, 5.41) is 0.558. The number of pyridine rings is 1. The predicted octanol–water partition coefficient (Wildman–Crippen LogP) is 3.62. The molecule has 1 aliphatic heterocycles. The van der Waals surface area contributed by atoms with Gasteiger partial charge in [0.2, 0.25) is 0 Å². The van der Waals surface area contributed by atoms with Crippen molar-refractivity contribution in [1.82, 2.24) is 9.88 Å². The Hall–Kier alpha value is -1.95. The summed E-state index contributed by atoms with van der Waals surface area (Å²) in [5.41, 5.74) is 3.19. The highest BCUT2D eigenvalue weighted by atomic mass is 35.5. The molecule has 0 amide bonds. The van der Waals surface area contributed by atoms with Crippen LogP contribution >= 0.6 is 11.6 Å². The summed E-state index contributed by atoms with van der Waals surface area (Å²) >= 11 is 6.40. The number of ether oxygens (including phenoxy) is 2. The van der Waals surface area contributed by atoms with E-state index in [9.17, 15) is 4.79 Å². The molecule has 0 spiro atoms. The van der Waals surface area contributed by atoms with E-state index < -0.39 is 0 Å². The molecule has 6 heteroatoms. The maximum Gasteiger partial charge on any atom is 0.163 e. The Morgan fingerprint density at radius 2 is 2.00 bits per heavy atom. The third-order valence-electron chi connectivity index (χ3n) is 4.58. The molecule has 0 N–H and O–H groups in total. The number of hydrogen-bond acceptors (Lipinski definition) is 5. The molecule has 0 aliphatic carbocycles. The number of nitrogens with zero attached hydrogens (tertiary/aromatic N) is 2. The number of aromatic nitrogens is 1. The first-order valence-electron chi connectivity index (χ1n) is 8.75. The molecule has 2 aromatic rings. The van der Waals surface area contributed by atoms with Crippen LogP contribution in [0.2, 0.25) is 5.02 Å². The van der Waals surface area contributed by atoms with Gasteiger partial charge in [0.25, 0.3) is 0 Å². The van der Waals surface area contributed by atoms with Gasteiger partial charge in [-0.2, -0.15) is 0 Å². The van der Waals surface area contributed by atoms with Gasteiger partial charge in [-0.3, -0.25) is 14.7 Å². The van der Waals surface area contributed by atoms with E-state index in [1.165, 1.54) is 6.92 Å². The summed E-state index contributed by atoms with van der Waals surface area (Å²) in [6.45, 7) is 8.07. The molecule has 2 heterocycles. The van der Waals surface area contributed by atoms with Crippen LogP contribution in [0, 0.1) is 6.92 Å². The third-order valence-corrected chi connectivity index (χ3v) is 4.97. The monoisotopic (exact) mass is 374 g/mol. The second-order valence-corrected chi connectivity index (χ2v) is 6.74. The number of Topliss-reactive ketones (excluding diaryl/α,β-unsaturated/α-hetero) is 1. The minimum absolute atomic E-state index is 0.0661. The lowest BCUT2D eigenvalue weighted by Crippen LogP contribution is -2.38. The van der Waals surface area contributed by atoms with Crippen molar-refractivity contribution < 1.29 is 14.3 Å². The van der Waals surface area contributed by atoms with Crippen LogP contribution in [0.5, 0.6) is 5.75 Å². The van der Waals surface area contributed by atoms with E-state index in [0.29, 0.717) is 22.9 Å². The number of ketones is 1. The molecular formula is C20H23ClN2O3. The Labute approximate surface area is 158 Å². The topological polar surface area (TPSA) is 51.7 Å². The normalized spacial score (nSPS) is 15.0. The first kappa shape index (κ1) is 18.8. The van der Waals surface area contributed by atoms with Crippen LogP contribution in [0.4, 0.5) is 0 Å². The maximum absolute atomic E-state index is 12.2. The fourth-order valence-corrected chi connectivity index (χ4v) is 3.31. The first-order chi connectivity index (χ1) is 12.6. The lowest BCUT2D eigenvalue weighted by atomic mass is 9.95. The van der Waals surface area contributed by atoms with Gasteiger partial charge in [0, 0.05) is 42.6 Å². The standard InChI is InChI=1S/C20H23ClN2O3/c1-14-18(21)13-17(15(2)24)20(19(14)16-3-5-22-6-4-16)26-12-9-23-7-10-25-11-8-23/h3-6,13H,7-12H2,1-2H3. The van der Waals surface area contributed by atoms with Crippen LogP contribution < -0.4 is 4.74 Å². The highest BCUT2D eigenvalue weighted by Gasteiger charge is 2.21. The van der Waals surface area contributed by atoms with Crippen molar-refractivity contribution in [3.63, 3.8) is 0 Å². The van der Waals surface area contributed by atoms with Gasteiger partial charge in [0.05, 0.1) is 18.8 Å². The van der Waals surface area contributed by atoms with Crippen molar-refractivity contribution in [3.05, 3.63) is 46.7 Å². The Morgan fingerprint density at radius 1 is 1.31 bits per heavy atom. The van der Waals surface area contributed by atoms with E-state index in [4.69, 9.17) is 21.1 Å². The quantitative estimate of drug-likeness (QED) is 0.723. The SMILES string of the molecule is CC(=O)c1cc(Cl)c(C)c(-c2ccncc2)c1OCCN1CCOCC1. The van der Waals surface area contributed by atoms with Gasteiger partial charge in [-0.15, -0.1) is 0 Å². The Bertz CT molecular complexity index is 774. The number of halogens is 1. The molecule has 1 saturated heterocycles. The van der Waals surface area contributed by atoms with Crippen molar-refractivity contribution in [2.45, 2.75) is 13.8 Å². The van der Waals surface area contributed by atoms with Gasteiger partial charge in [-0.05, 0) is 43.2 Å². The minimum Gasteiger partial charge on any atom is -0.491 e. The highest BCUT2D eigenvalue weighted by molar-refractivity contribution is 6.32. The zero-order valence-corrected chi connectivity index (χ0v) is 15.9. The van der Waals surface area contributed by atoms with Crippen molar-refractivity contribution in [3.8, 4) is 16.9 Å². The molecule has 0 radical (unpaired) electrons. The molecular weight excluding hydrogens is 352 g/mol. The Morgan fingerprint density at radius 3 is 2.65 bits per heavy atom. The molecule has 5 nitrogen and oxygen atoms in total. The van der Waals surface area contributed by atoms with Gasteiger partial charge >= 0.3 is 0 Å². The average Bonchev–Trinajstić information content (AvgIpc) is 2.66. The molecule has 138 valence electrons. The van der Waals surface area contributed by atoms with Crippen molar-refractivity contribution in [1.29, 1.82) is 0 Å². The molecule has 0 saturated carbocycles. The number of hydrogen-bond donors (Lipinski definition) is 0. The second kappa shape index (κ2) is 8.62. The number of carbonyl (C=O) groups excluding carboxylic acids is 1. The Kier molecular flexibility index (Phi) is 6.25. The summed E-state index contributed by atoms with van der Waals surface area (Å²) in [6, 6.07) is 5.50. The van der Waals surface area contributed by atoms with Crippen LogP contribution in [-0.4, -0.2) is 55.1 Å². The van der Waals surface area contributed by atoms with Crippen molar-refractivity contribution in [2.24, 2.45) is 0 Å². The second-order valence-electron chi connectivity index (χ2n) is 6.33. The number of morpholine rings is 1. The summed E-state index contributed by atoms with van der Waals surface area (Å²) < 4.78 is 11.5.